The quantitative estimate of drug-likeness (QED) is 0.573. The minimum absolute atomic E-state index is 0.0999. The molecule has 1 aromatic rings. The Bertz CT molecular complexity index is 254. The highest BCUT2D eigenvalue weighted by Crippen LogP contribution is 2.41. The van der Waals surface area contributed by atoms with Crippen molar-refractivity contribution < 1.29 is 9.47 Å². The van der Waals surface area contributed by atoms with E-state index in [1.54, 1.807) is 11.3 Å². The van der Waals surface area contributed by atoms with Crippen LogP contribution in [0, 0.1) is 6.92 Å². The Balaban J connectivity index is 2.44. The topological polar surface area (TPSA) is 18.5 Å². The molecule has 54 valence electrons. The first-order valence-corrected chi connectivity index (χ1v) is 4.07. The van der Waals surface area contributed by atoms with Crippen LogP contribution in [0.2, 0.25) is 0 Å². The lowest BCUT2D eigenvalue weighted by molar-refractivity contribution is 0.0674. The highest BCUT2D eigenvalue weighted by atomic mass is 32.1. The van der Waals surface area contributed by atoms with Crippen LogP contribution < -0.4 is 9.47 Å². The summed E-state index contributed by atoms with van der Waals surface area (Å²) in [5, 5.41) is 1.98. The first-order valence-electron chi connectivity index (χ1n) is 3.19. The lowest BCUT2D eigenvalue weighted by Crippen LogP contribution is -2.11. The summed E-state index contributed by atoms with van der Waals surface area (Å²) in [5.74, 6) is 1.83. The van der Waals surface area contributed by atoms with Gasteiger partial charge in [0.1, 0.15) is 0 Å². The molecule has 0 spiro atoms. The van der Waals surface area contributed by atoms with Crippen molar-refractivity contribution in [1.29, 1.82) is 0 Å². The monoisotopic (exact) mass is 156 g/mol. The summed E-state index contributed by atoms with van der Waals surface area (Å²) >= 11 is 1.66. The molecule has 0 aromatic carbocycles. The van der Waals surface area contributed by atoms with Gasteiger partial charge in [-0.1, -0.05) is 0 Å². The van der Waals surface area contributed by atoms with Crippen molar-refractivity contribution in [2.24, 2.45) is 0 Å². The molecule has 0 radical (unpaired) electrons. The molecule has 0 aliphatic carbocycles. The molecule has 1 aliphatic rings. The zero-order chi connectivity index (χ0) is 7.14. The number of thiophene rings is 1. The predicted molar refractivity (Wildman–Crippen MR) is 39.8 cm³/mol. The third kappa shape index (κ3) is 0.703. The normalized spacial score (nSPS) is 21.6. The van der Waals surface area contributed by atoms with E-state index in [0.29, 0.717) is 0 Å². The van der Waals surface area contributed by atoms with Gasteiger partial charge in [-0.05, 0) is 6.92 Å². The summed E-state index contributed by atoms with van der Waals surface area (Å²) in [5.41, 5.74) is 0. The summed E-state index contributed by atoms with van der Waals surface area (Å²) < 4.78 is 10.7. The molecule has 0 N–H and O–H groups in total. The Kier molecular flexibility index (Phi) is 1.14. The molecule has 1 atom stereocenters. The van der Waals surface area contributed by atoms with Gasteiger partial charge in [0.2, 0.25) is 6.29 Å². The third-order valence-electron chi connectivity index (χ3n) is 1.46. The van der Waals surface area contributed by atoms with Crippen molar-refractivity contribution in [2.75, 3.05) is 0 Å². The van der Waals surface area contributed by atoms with Crippen LogP contribution in [0.25, 0.3) is 0 Å². The van der Waals surface area contributed by atoms with Crippen molar-refractivity contribution >= 4 is 11.3 Å². The molecule has 2 heterocycles. The molecule has 0 fully saturated rings. The Morgan fingerprint density at radius 2 is 2.30 bits per heavy atom. The maximum atomic E-state index is 5.37. The van der Waals surface area contributed by atoms with Crippen LogP contribution in [0.1, 0.15) is 11.8 Å². The van der Waals surface area contributed by atoms with Gasteiger partial charge in [0, 0.05) is 17.2 Å². The van der Waals surface area contributed by atoms with Crippen molar-refractivity contribution in [1.82, 2.24) is 0 Å². The van der Waals surface area contributed by atoms with Crippen LogP contribution >= 0.6 is 11.3 Å². The third-order valence-corrected chi connectivity index (χ3v) is 2.33. The fraction of sp³-hybridized carbons (Fsp3) is 0.429. The van der Waals surface area contributed by atoms with Crippen molar-refractivity contribution in [3.63, 3.8) is 0 Å². The highest BCUT2D eigenvalue weighted by molar-refractivity contribution is 7.10. The summed E-state index contributed by atoms with van der Waals surface area (Å²) in [6.45, 7) is 3.93. The van der Waals surface area contributed by atoms with Crippen molar-refractivity contribution in [3.05, 3.63) is 10.3 Å². The molecule has 1 aliphatic heterocycles. The van der Waals surface area contributed by atoms with Gasteiger partial charge in [-0.2, -0.15) is 0 Å². The number of rotatable bonds is 0. The number of hydrogen-bond donors (Lipinski definition) is 0. The molecule has 0 saturated carbocycles. The summed E-state index contributed by atoms with van der Waals surface area (Å²) in [4.78, 5) is 1.19. The van der Waals surface area contributed by atoms with Gasteiger partial charge in [0.15, 0.2) is 11.5 Å². The maximum Gasteiger partial charge on any atom is 0.238 e. The van der Waals surface area contributed by atoms with E-state index in [-0.39, 0.29) is 6.29 Å². The molecule has 0 bridgehead atoms. The van der Waals surface area contributed by atoms with E-state index < -0.39 is 0 Å². The van der Waals surface area contributed by atoms with Gasteiger partial charge < -0.3 is 9.47 Å². The second kappa shape index (κ2) is 1.89. The lowest BCUT2D eigenvalue weighted by atomic mass is 10.4. The van der Waals surface area contributed by atoms with E-state index >= 15 is 0 Å². The first kappa shape index (κ1) is 6.04. The maximum absolute atomic E-state index is 5.37. The molecule has 0 amide bonds. The minimum atomic E-state index is -0.0999. The van der Waals surface area contributed by atoms with Gasteiger partial charge in [0.05, 0.1) is 0 Å². The lowest BCUT2D eigenvalue weighted by Gasteiger charge is -2.01. The van der Waals surface area contributed by atoms with E-state index in [2.05, 4.69) is 0 Å². The van der Waals surface area contributed by atoms with Gasteiger partial charge in [-0.15, -0.1) is 11.3 Å². The molecule has 2 nitrogen and oxygen atoms in total. The van der Waals surface area contributed by atoms with Crippen LogP contribution in [-0.2, 0) is 0 Å². The largest absolute Gasteiger partial charge is 0.450 e. The number of fused-ring (bicyclic) bond motifs is 1. The number of hydrogen-bond acceptors (Lipinski definition) is 3. The number of ether oxygens (including phenoxy) is 2. The molecule has 0 saturated heterocycles. The van der Waals surface area contributed by atoms with Crippen LogP contribution in [0.4, 0.5) is 0 Å². The van der Waals surface area contributed by atoms with Crippen LogP contribution in [0.3, 0.4) is 0 Å². The zero-order valence-electron chi connectivity index (χ0n) is 5.88. The summed E-state index contributed by atoms with van der Waals surface area (Å²) in [7, 11) is 0. The van der Waals surface area contributed by atoms with Crippen LogP contribution in [0.5, 0.6) is 11.5 Å². The summed E-state index contributed by atoms with van der Waals surface area (Å²) in [6, 6.07) is 0. The molecule has 10 heavy (non-hydrogen) atoms. The SMILES string of the molecule is Cc1scc2c1OC(C)O2. The second-order valence-electron chi connectivity index (χ2n) is 2.29. The Labute approximate surface area is 63.4 Å². The summed E-state index contributed by atoms with van der Waals surface area (Å²) in [6.07, 6.45) is -0.0999. The highest BCUT2D eigenvalue weighted by Gasteiger charge is 2.23. The van der Waals surface area contributed by atoms with E-state index in [1.165, 1.54) is 4.88 Å². The Morgan fingerprint density at radius 1 is 1.50 bits per heavy atom. The van der Waals surface area contributed by atoms with E-state index in [4.69, 9.17) is 9.47 Å². The van der Waals surface area contributed by atoms with Gasteiger partial charge >= 0.3 is 0 Å². The van der Waals surface area contributed by atoms with Crippen molar-refractivity contribution in [2.45, 2.75) is 20.1 Å². The van der Waals surface area contributed by atoms with Gasteiger partial charge in [-0.3, -0.25) is 0 Å². The Morgan fingerprint density at radius 3 is 3.00 bits per heavy atom. The van der Waals surface area contributed by atoms with Crippen molar-refractivity contribution in [3.8, 4) is 11.5 Å². The van der Waals surface area contributed by atoms with Gasteiger partial charge in [-0.25, -0.2) is 0 Å². The van der Waals surface area contributed by atoms with Gasteiger partial charge in [0.25, 0.3) is 0 Å². The molecule has 1 unspecified atom stereocenters. The Hall–Kier alpha value is -0.700. The van der Waals surface area contributed by atoms with Crippen LogP contribution in [-0.4, -0.2) is 6.29 Å². The van der Waals surface area contributed by atoms with Crippen LogP contribution in [0.15, 0.2) is 5.38 Å². The standard InChI is InChI=1S/C7H8O2S/c1-4-7-6(3-10-4)8-5(2)9-7/h3,5H,1-2H3. The van der Waals surface area contributed by atoms with E-state index in [9.17, 15) is 0 Å². The molecular weight excluding hydrogens is 148 g/mol. The molecule has 1 aromatic heterocycles. The smallest absolute Gasteiger partial charge is 0.238 e. The number of aryl methyl sites for hydroxylation is 1. The minimum Gasteiger partial charge on any atom is -0.450 e. The zero-order valence-corrected chi connectivity index (χ0v) is 6.70. The molecule has 2 rings (SSSR count). The fourth-order valence-electron chi connectivity index (χ4n) is 1.01. The van der Waals surface area contributed by atoms with E-state index in [1.807, 2.05) is 19.2 Å². The van der Waals surface area contributed by atoms with E-state index in [0.717, 1.165) is 11.5 Å². The fourth-order valence-corrected chi connectivity index (χ4v) is 1.72. The first-order chi connectivity index (χ1) is 4.77. The average molecular weight is 156 g/mol. The molecular formula is C7H8O2S. The predicted octanol–water partition coefficient (Wildman–Crippen LogP) is 2.17. The average Bonchev–Trinajstić information content (AvgIpc) is 2.35. The second-order valence-corrected chi connectivity index (χ2v) is 3.37. The molecule has 3 heteroatoms.